The number of carbonyl (C=O) groups is 2. The van der Waals surface area contributed by atoms with E-state index in [1.165, 1.54) is 12.8 Å². The van der Waals surface area contributed by atoms with Crippen LogP contribution in [0.3, 0.4) is 0 Å². The third-order valence-corrected chi connectivity index (χ3v) is 7.84. The first-order valence-corrected chi connectivity index (χ1v) is 20.6. The fraction of sp³-hybridized carbons (Fsp3) is 0.571. The fourth-order valence-electron chi connectivity index (χ4n) is 4.53. The third kappa shape index (κ3) is 39.6. The van der Waals surface area contributed by atoms with Crippen LogP contribution < -0.4 is 0 Å². The average Bonchev–Trinajstić information content (AvgIpc) is 3.10. The highest BCUT2D eigenvalue weighted by Crippen LogP contribution is 2.35. The van der Waals surface area contributed by atoms with Crippen LogP contribution in [0.4, 0.5) is 0 Å². The van der Waals surface area contributed by atoms with E-state index in [2.05, 4.69) is 103 Å². The van der Waals surface area contributed by atoms with Crippen molar-refractivity contribution in [2.75, 3.05) is 13.2 Å². The lowest BCUT2D eigenvalue weighted by atomic mass is 10.1. The van der Waals surface area contributed by atoms with Crippen LogP contribution in [0.25, 0.3) is 0 Å². The fourth-order valence-corrected chi connectivity index (χ4v) is 4.89. The molecule has 0 aliphatic rings. The van der Waals surface area contributed by atoms with Gasteiger partial charge in [-0.2, -0.15) is 0 Å². The van der Waals surface area contributed by atoms with Gasteiger partial charge in [-0.3, -0.25) is 14.1 Å². The smallest absolute Gasteiger partial charge is 0.462 e. The predicted molar refractivity (Wildman–Crippen MR) is 211 cm³/mol. The van der Waals surface area contributed by atoms with Gasteiger partial charge in [0, 0.05) is 12.8 Å². The van der Waals surface area contributed by atoms with Crippen LogP contribution in [0.15, 0.2) is 97.2 Å². The Labute approximate surface area is 309 Å². The Hall–Kier alpha value is -3.03. The monoisotopic (exact) mass is 730 g/mol. The van der Waals surface area contributed by atoms with Crippen LogP contribution in [0.5, 0.6) is 0 Å². The number of carbonyl (C=O) groups excluding carboxylic acids is 2. The highest BCUT2D eigenvalue weighted by molar-refractivity contribution is 7.46. The first-order chi connectivity index (χ1) is 24.8. The van der Waals surface area contributed by atoms with E-state index in [1.807, 2.05) is 12.2 Å². The van der Waals surface area contributed by atoms with E-state index >= 15 is 0 Å². The standard InChI is InChI=1S/C42H67O8P/c1-3-5-7-9-11-13-15-17-19-20-21-22-23-25-27-29-31-33-35-37-42(44)50-40(39-49-51(45,46)47)38-48-41(43)36-34-32-30-28-26-24-18-16-14-12-10-8-6-4-2/h5,7,10-13,16-19,21-22,25,27,31,33,40H,3-4,6,8-9,14-15,20,23-24,26,28-30,32,34-39H2,1-2H3,(H2,45,46,47)/b7-5-,12-10-,13-11-,18-16-,19-17-,22-21-,27-25-,33-31-. The van der Waals surface area contributed by atoms with Gasteiger partial charge in [0.25, 0.3) is 0 Å². The second kappa shape index (κ2) is 36.8. The Bertz CT molecular complexity index is 1140. The summed E-state index contributed by atoms with van der Waals surface area (Å²) in [7, 11) is -4.78. The summed E-state index contributed by atoms with van der Waals surface area (Å²) >= 11 is 0. The van der Waals surface area contributed by atoms with Gasteiger partial charge < -0.3 is 19.3 Å². The van der Waals surface area contributed by atoms with Crippen molar-refractivity contribution in [3.8, 4) is 0 Å². The molecular weight excluding hydrogens is 663 g/mol. The van der Waals surface area contributed by atoms with Crippen molar-refractivity contribution in [1.82, 2.24) is 0 Å². The van der Waals surface area contributed by atoms with Gasteiger partial charge in [-0.05, 0) is 77.0 Å². The third-order valence-electron chi connectivity index (χ3n) is 7.35. The van der Waals surface area contributed by atoms with E-state index in [1.54, 1.807) is 0 Å². The molecular formula is C42H67O8P. The van der Waals surface area contributed by atoms with Gasteiger partial charge in [0.1, 0.15) is 6.61 Å². The molecule has 0 radical (unpaired) electrons. The normalized spacial score (nSPS) is 13.6. The maximum Gasteiger partial charge on any atom is 0.469 e. The van der Waals surface area contributed by atoms with Crippen LogP contribution in [0.1, 0.15) is 136 Å². The van der Waals surface area contributed by atoms with E-state index in [4.69, 9.17) is 19.3 Å². The molecule has 0 saturated carbocycles. The Morgan fingerprint density at radius 2 is 0.980 bits per heavy atom. The van der Waals surface area contributed by atoms with Gasteiger partial charge in [-0.15, -0.1) is 0 Å². The summed E-state index contributed by atoms with van der Waals surface area (Å²) < 4.78 is 26.2. The Morgan fingerprint density at radius 1 is 0.529 bits per heavy atom. The molecule has 0 amide bonds. The summed E-state index contributed by atoms with van der Waals surface area (Å²) in [6.45, 7) is 3.43. The topological polar surface area (TPSA) is 119 Å². The molecule has 0 heterocycles. The predicted octanol–water partition coefficient (Wildman–Crippen LogP) is 11.5. The lowest BCUT2D eigenvalue weighted by Crippen LogP contribution is -2.29. The SMILES string of the molecule is CC/C=C\C/C=C\C/C=C\C/C=C\C/C=C\C/C=C\CCC(=O)OC(COC(=O)CCCCCCC/C=C\C/C=C\CCCC)COP(=O)(O)O. The van der Waals surface area contributed by atoms with Gasteiger partial charge in [0.15, 0.2) is 6.10 Å². The second-order valence-electron chi connectivity index (χ2n) is 12.2. The van der Waals surface area contributed by atoms with Crippen LogP contribution in [-0.2, 0) is 28.2 Å². The van der Waals surface area contributed by atoms with E-state index in [0.29, 0.717) is 12.8 Å². The molecule has 1 atom stereocenters. The summed E-state index contributed by atoms with van der Waals surface area (Å²) in [5.41, 5.74) is 0. The Balaban J connectivity index is 4.16. The van der Waals surface area contributed by atoms with Gasteiger partial charge in [0.05, 0.1) is 6.61 Å². The minimum atomic E-state index is -4.78. The van der Waals surface area contributed by atoms with Crippen molar-refractivity contribution in [3.05, 3.63) is 97.2 Å². The van der Waals surface area contributed by atoms with Crippen LogP contribution in [0.2, 0.25) is 0 Å². The van der Waals surface area contributed by atoms with Crippen LogP contribution in [-0.4, -0.2) is 41.0 Å². The molecule has 0 spiro atoms. The van der Waals surface area contributed by atoms with E-state index in [9.17, 15) is 14.2 Å². The highest BCUT2D eigenvalue weighted by atomic mass is 31.2. The summed E-state index contributed by atoms with van der Waals surface area (Å²) in [5, 5.41) is 0. The lowest BCUT2D eigenvalue weighted by Gasteiger charge is -2.18. The molecule has 0 aliphatic heterocycles. The highest BCUT2D eigenvalue weighted by Gasteiger charge is 2.22. The molecule has 8 nitrogen and oxygen atoms in total. The quantitative estimate of drug-likeness (QED) is 0.0296. The second-order valence-corrected chi connectivity index (χ2v) is 13.4. The van der Waals surface area contributed by atoms with Gasteiger partial charge in [0.2, 0.25) is 0 Å². The number of esters is 2. The number of hydrogen-bond donors (Lipinski definition) is 2. The minimum absolute atomic E-state index is 0.0778. The van der Waals surface area contributed by atoms with Crippen molar-refractivity contribution in [3.63, 3.8) is 0 Å². The van der Waals surface area contributed by atoms with Crippen molar-refractivity contribution in [2.45, 2.75) is 142 Å². The van der Waals surface area contributed by atoms with E-state index in [0.717, 1.165) is 83.5 Å². The molecule has 0 saturated heterocycles. The summed E-state index contributed by atoms with van der Waals surface area (Å²) in [4.78, 5) is 42.7. The van der Waals surface area contributed by atoms with Crippen molar-refractivity contribution < 1.29 is 37.9 Å². The summed E-state index contributed by atoms with van der Waals surface area (Å²) in [6.07, 6.45) is 49.9. The average molecular weight is 731 g/mol. The molecule has 51 heavy (non-hydrogen) atoms. The molecule has 0 bridgehead atoms. The largest absolute Gasteiger partial charge is 0.469 e. The molecule has 9 heteroatoms. The zero-order valence-electron chi connectivity index (χ0n) is 31.5. The zero-order chi connectivity index (χ0) is 37.5. The summed E-state index contributed by atoms with van der Waals surface area (Å²) in [5.74, 6) is -1.01. The Kier molecular flexibility index (Phi) is 34.6. The number of unbranched alkanes of at least 4 members (excludes halogenated alkanes) is 7. The van der Waals surface area contributed by atoms with Gasteiger partial charge >= 0.3 is 19.8 Å². The van der Waals surface area contributed by atoms with Gasteiger partial charge in [-0.1, -0.05) is 143 Å². The first-order valence-electron chi connectivity index (χ1n) is 19.0. The molecule has 2 N–H and O–H groups in total. The molecule has 0 aliphatic carbocycles. The number of rotatable bonds is 33. The van der Waals surface area contributed by atoms with Crippen LogP contribution in [0, 0.1) is 0 Å². The van der Waals surface area contributed by atoms with Crippen molar-refractivity contribution in [2.24, 2.45) is 0 Å². The zero-order valence-corrected chi connectivity index (χ0v) is 32.3. The van der Waals surface area contributed by atoms with E-state index in [-0.39, 0.29) is 19.4 Å². The number of ether oxygens (including phenoxy) is 2. The lowest BCUT2D eigenvalue weighted by molar-refractivity contribution is -0.161. The first kappa shape index (κ1) is 48.0. The molecule has 0 aromatic carbocycles. The van der Waals surface area contributed by atoms with Gasteiger partial charge in [-0.25, -0.2) is 4.57 Å². The van der Waals surface area contributed by atoms with Crippen LogP contribution >= 0.6 is 7.82 Å². The Morgan fingerprint density at radius 3 is 1.49 bits per heavy atom. The molecule has 288 valence electrons. The molecule has 0 aromatic heterocycles. The molecule has 0 aromatic rings. The van der Waals surface area contributed by atoms with Crippen molar-refractivity contribution >= 4 is 19.8 Å². The number of phosphoric acid groups is 1. The molecule has 0 rings (SSSR count). The molecule has 1 unspecified atom stereocenters. The number of hydrogen-bond acceptors (Lipinski definition) is 6. The van der Waals surface area contributed by atoms with E-state index < -0.39 is 32.5 Å². The minimum Gasteiger partial charge on any atom is -0.462 e. The maximum atomic E-state index is 12.3. The summed E-state index contributed by atoms with van der Waals surface area (Å²) in [6, 6.07) is 0. The maximum absolute atomic E-state index is 12.3. The van der Waals surface area contributed by atoms with Crippen molar-refractivity contribution in [1.29, 1.82) is 0 Å². The number of allylic oxidation sites excluding steroid dienone is 16. The molecule has 0 fully saturated rings. The number of phosphoric ester groups is 1.